The quantitative estimate of drug-likeness (QED) is 0.694. The molecule has 0 atom stereocenters. The van der Waals surface area contributed by atoms with Crippen LogP contribution < -0.4 is 5.32 Å². The van der Waals surface area contributed by atoms with Crippen molar-refractivity contribution in [1.82, 2.24) is 9.62 Å². The van der Waals surface area contributed by atoms with Crippen molar-refractivity contribution in [3.8, 4) is 0 Å². The van der Waals surface area contributed by atoms with E-state index in [9.17, 15) is 13.2 Å². The summed E-state index contributed by atoms with van der Waals surface area (Å²) in [6, 6.07) is 7.08. The highest BCUT2D eigenvalue weighted by Gasteiger charge is 2.52. The van der Waals surface area contributed by atoms with Gasteiger partial charge < -0.3 is 5.32 Å². The molecule has 1 saturated heterocycles. The number of hydrogen-bond donors (Lipinski definition) is 1. The van der Waals surface area contributed by atoms with Gasteiger partial charge in [0.1, 0.15) is 0 Å². The van der Waals surface area contributed by atoms with Crippen molar-refractivity contribution < 1.29 is 13.2 Å². The number of nitrogens with one attached hydrogen (secondary N) is 1. The van der Waals surface area contributed by atoms with Crippen molar-refractivity contribution in [2.24, 2.45) is 23.7 Å². The second kappa shape index (κ2) is 7.82. The van der Waals surface area contributed by atoms with Crippen molar-refractivity contribution in [2.75, 3.05) is 19.3 Å². The summed E-state index contributed by atoms with van der Waals surface area (Å²) >= 11 is 1.60. The molecule has 0 spiro atoms. The number of carbonyl (C=O) groups excluding carboxylic acids is 1. The molecule has 5 fully saturated rings. The first kappa shape index (κ1) is 20.8. The Bertz CT molecular complexity index is 870. The molecule has 0 aromatic heterocycles. The van der Waals surface area contributed by atoms with E-state index in [0.717, 1.165) is 41.9 Å². The molecule has 1 N–H and O–H groups in total. The number of rotatable bonds is 5. The number of thioether (sulfide) groups is 1. The molecule has 6 rings (SSSR count). The number of carbonyl (C=O) groups is 1. The smallest absolute Gasteiger partial charge is 0.243 e. The van der Waals surface area contributed by atoms with Crippen LogP contribution in [0.1, 0.15) is 51.4 Å². The first-order valence-corrected chi connectivity index (χ1v) is 14.0. The highest BCUT2D eigenvalue weighted by molar-refractivity contribution is 7.98. The Morgan fingerprint density at radius 3 is 2.03 bits per heavy atom. The molecular weight excluding hydrogens is 416 g/mol. The molecular formula is C23H32N2O3S2. The molecule has 164 valence electrons. The molecule has 4 aliphatic carbocycles. The number of benzene rings is 1. The fourth-order valence-electron chi connectivity index (χ4n) is 6.88. The van der Waals surface area contributed by atoms with Crippen LogP contribution in [0.4, 0.5) is 0 Å². The van der Waals surface area contributed by atoms with Gasteiger partial charge in [-0.15, -0.1) is 11.8 Å². The molecule has 0 radical (unpaired) electrons. The highest BCUT2D eigenvalue weighted by Crippen LogP contribution is 2.55. The van der Waals surface area contributed by atoms with Gasteiger partial charge in [-0.25, -0.2) is 8.42 Å². The summed E-state index contributed by atoms with van der Waals surface area (Å²) in [6.45, 7) is 0.844. The van der Waals surface area contributed by atoms with Gasteiger partial charge in [0.15, 0.2) is 0 Å². The van der Waals surface area contributed by atoms with Gasteiger partial charge in [0.05, 0.1) is 4.90 Å². The monoisotopic (exact) mass is 448 g/mol. The third kappa shape index (κ3) is 3.82. The number of amides is 1. The zero-order valence-corrected chi connectivity index (χ0v) is 19.3. The van der Waals surface area contributed by atoms with Crippen molar-refractivity contribution in [3.05, 3.63) is 24.3 Å². The molecule has 4 bridgehead atoms. The Morgan fingerprint density at radius 1 is 1.00 bits per heavy atom. The average Bonchev–Trinajstić information content (AvgIpc) is 2.72. The maximum atomic E-state index is 13.1. The van der Waals surface area contributed by atoms with Gasteiger partial charge in [-0.3, -0.25) is 4.79 Å². The fourth-order valence-corrected chi connectivity index (χ4v) is 8.76. The van der Waals surface area contributed by atoms with Crippen LogP contribution in [0.25, 0.3) is 0 Å². The Kier molecular flexibility index (Phi) is 5.43. The lowest BCUT2D eigenvalue weighted by Gasteiger charge is -2.57. The Balaban J connectivity index is 1.20. The molecule has 4 saturated carbocycles. The van der Waals surface area contributed by atoms with Crippen molar-refractivity contribution in [3.63, 3.8) is 0 Å². The van der Waals surface area contributed by atoms with Crippen molar-refractivity contribution in [1.29, 1.82) is 0 Å². The third-order valence-corrected chi connectivity index (χ3v) is 10.6. The molecule has 1 aliphatic heterocycles. The zero-order chi connectivity index (χ0) is 20.9. The number of hydrogen-bond acceptors (Lipinski definition) is 4. The second-order valence-electron chi connectivity index (χ2n) is 10.0. The van der Waals surface area contributed by atoms with Crippen molar-refractivity contribution >= 4 is 27.7 Å². The minimum Gasteiger partial charge on any atom is -0.350 e. The van der Waals surface area contributed by atoms with Gasteiger partial charge in [-0.05, 0) is 99.6 Å². The Labute approximate surface area is 184 Å². The largest absolute Gasteiger partial charge is 0.350 e. The van der Waals surface area contributed by atoms with Gasteiger partial charge >= 0.3 is 0 Å². The number of piperidine rings is 1. The van der Waals surface area contributed by atoms with Crippen LogP contribution in [0.2, 0.25) is 0 Å². The molecule has 1 amide bonds. The van der Waals surface area contributed by atoms with Gasteiger partial charge in [0.25, 0.3) is 0 Å². The topological polar surface area (TPSA) is 66.5 Å². The molecule has 5 nitrogen and oxygen atoms in total. The lowest BCUT2D eigenvalue weighted by molar-refractivity contribution is -0.132. The number of sulfonamides is 1. The lowest BCUT2D eigenvalue weighted by atomic mass is 9.53. The first-order valence-electron chi connectivity index (χ1n) is 11.3. The van der Waals surface area contributed by atoms with E-state index in [-0.39, 0.29) is 17.4 Å². The van der Waals surface area contributed by atoms with Crippen LogP contribution in [0.15, 0.2) is 34.1 Å². The van der Waals surface area contributed by atoms with E-state index >= 15 is 0 Å². The summed E-state index contributed by atoms with van der Waals surface area (Å²) in [7, 11) is -3.49. The SMILES string of the molecule is CSc1ccc(S(=O)(=O)N2CCC(C(=O)NC34CC5CC(CC(C5)C3)C4)CC2)cc1. The summed E-state index contributed by atoms with van der Waals surface area (Å²) in [5.74, 6) is 2.52. The van der Waals surface area contributed by atoms with E-state index in [1.54, 1.807) is 28.2 Å². The van der Waals surface area contributed by atoms with Crippen LogP contribution in [0, 0.1) is 23.7 Å². The van der Waals surface area contributed by atoms with E-state index in [2.05, 4.69) is 5.32 Å². The average molecular weight is 449 g/mol. The fraction of sp³-hybridized carbons (Fsp3) is 0.696. The normalized spacial score (nSPS) is 34.2. The van der Waals surface area contributed by atoms with E-state index in [1.165, 1.54) is 19.3 Å². The molecule has 1 aromatic carbocycles. The zero-order valence-electron chi connectivity index (χ0n) is 17.7. The molecule has 7 heteroatoms. The summed E-state index contributed by atoms with van der Waals surface area (Å²) in [5.41, 5.74) is 0.0358. The first-order chi connectivity index (χ1) is 14.4. The van der Waals surface area contributed by atoms with Gasteiger partial charge in [0, 0.05) is 29.4 Å². The summed E-state index contributed by atoms with van der Waals surface area (Å²) in [4.78, 5) is 14.5. The van der Waals surface area contributed by atoms with Crippen LogP contribution >= 0.6 is 11.8 Å². The van der Waals surface area contributed by atoms with E-state index in [4.69, 9.17) is 0 Å². The Morgan fingerprint density at radius 2 is 1.53 bits per heavy atom. The van der Waals surface area contributed by atoms with Gasteiger partial charge in [-0.2, -0.15) is 4.31 Å². The second-order valence-corrected chi connectivity index (χ2v) is 12.9. The maximum absolute atomic E-state index is 13.1. The van der Waals surface area contributed by atoms with Crippen molar-refractivity contribution in [2.45, 2.75) is 66.7 Å². The standard InChI is InChI=1S/C23H32N2O3S2/c1-29-20-2-4-21(5-3-20)30(27,28)25-8-6-19(7-9-25)22(26)24-23-13-16-10-17(14-23)12-18(11-16)15-23/h2-5,16-19H,6-15H2,1H3,(H,24,26). The number of nitrogens with zero attached hydrogens (tertiary/aromatic N) is 1. The third-order valence-electron chi connectivity index (χ3n) is 7.95. The summed E-state index contributed by atoms with van der Waals surface area (Å²) < 4.78 is 27.5. The lowest BCUT2D eigenvalue weighted by Crippen LogP contribution is -2.61. The van der Waals surface area contributed by atoms with Crippen LogP contribution in [-0.4, -0.2) is 43.5 Å². The Hall–Kier alpha value is -1.05. The van der Waals surface area contributed by atoms with Crippen LogP contribution in [-0.2, 0) is 14.8 Å². The predicted octanol–water partition coefficient (Wildman–Crippen LogP) is 3.89. The minimum atomic E-state index is -3.49. The van der Waals surface area contributed by atoms with E-state index < -0.39 is 10.0 Å². The van der Waals surface area contributed by atoms with Crippen LogP contribution in [0.5, 0.6) is 0 Å². The van der Waals surface area contributed by atoms with E-state index in [0.29, 0.717) is 30.8 Å². The van der Waals surface area contributed by atoms with E-state index in [1.807, 2.05) is 18.4 Å². The molecule has 5 aliphatic rings. The minimum absolute atomic E-state index is 0.0358. The highest BCUT2D eigenvalue weighted by atomic mass is 32.2. The predicted molar refractivity (Wildman–Crippen MR) is 119 cm³/mol. The van der Waals surface area contributed by atoms with Gasteiger partial charge in [0.2, 0.25) is 15.9 Å². The summed E-state index contributed by atoms with van der Waals surface area (Å²) in [5, 5.41) is 3.48. The van der Waals surface area contributed by atoms with Crippen LogP contribution in [0.3, 0.4) is 0 Å². The molecule has 1 aromatic rings. The molecule has 1 heterocycles. The molecule has 30 heavy (non-hydrogen) atoms. The summed E-state index contributed by atoms with van der Waals surface area (Å²) in [6.07, 6.45) is 10.8. The molecule has 0 unspecified atom stereocenters. The van der Waals surface area contributed by atoms with Gasteiger partial charge in [-0.1, -0.05) is 0 Å². The maximum Gasteiger partial charge on any atom is 0.243 e.